The number of halogens is 2. The Labute approximate surface area is 207 Å². The van der Waals surface area contributed by atoms with E-state index >= 15 is 0 Å². The highest BCUT2D eigenvalue weighted by Crippen LogP contribution is 2.27. The summed E-state index contributed by atoms with van der Waals surface area (Å²) < 4.78 is 29.2. The van der Waals surface area contributed by atoms with Gasteiger partial charge in [-0.3, -0.25) is 4.79 Å². The van der Waals surface area contributed by atoms with Crippen molar-refractivity contribution in [1.29, 1.82) is 0 Å². The molecule has 1 aliphatic carbocycles. The molecule has 3 rings (SSSR count). The fourth-order valence-corrected chi connectivity index (χ4v) is 4.28. The van der Waals surface area contributed by atoms with E-state index in [0.29, 0.717) is 24.0 Å². The molecule has 2 aromatic carbocycles. The van der Waals surface area contributed by atoms with Crippen molar-refractivity contribution in [2.75, 3.05) is 13.7 Å². The largest absolute Gasteiger partial charge is 0.470 e. The van der Waals surface area contributed by atoms with Crippen molar-refractivity contribution in [2.24, 2.45) is 16.1 Å². The minimum atomic E-state index is -2.63. The van der Waals surface area contributed by atoms with Gasteiger partial charge in [0, 0.05) is 24.4 Å². The molecule has 1 N–H and O–H groups in total. The second-order valence-electron chi connectivity index (χ2n) is 8.84. The summed E-state index contributed by atoms with van der Waals surface area (Å²) in [5.74, 6) is 0.915. The lowest BCUT2D eigenvalue weighted by molar-refractivity contribution is 0.0765. The van der Waals surface area contributed by atoms with Crippen molar-refractivity contribution in [3.63, 3.8) is 0 Å². The Kier molecular flexibility index (Phi) is 12.8. The van der Waals surface area contributed by atoms with E-state index < -0.39 is 13.0 Å². The Morgan fingerprint density at radius 3 is 2.60 bits per heavy atom. The maximum atomic E-state index is 12.2. The number of ether oxygens (including phenoxy) is 1. The average molecular weight is 486 g/mol. The van der Waals surface area contributed by atoms with Crippen LogP contribution >= 0.6 is 0 Å². The number of hydrogen-bond acceptors (Lipinski definition) is 5. The molecule has 35 heavy (non-hydrogen) atoms. The van der Waals surface area contributed by atoms with Gasteiger partial charge in [0.25, 0.3) is 6.43 Å². The van der Waals surface area contributed by atoms with E-state index in [0.717, 1.165) is 11.5 Å². The molecule has 0 amide bonds. The summed E-state index contributed by atoms with van der Waals surface area (Å²) in [5.41, 5.74) is 4.53. The van der Waals surface area contributed by atoms with Crippen molar-refractivity contribution in [1.82, 2.24) is 5.32 Å². The van der Waals surface area contributed by atoms with Crippen LogP contribution in [0.1, 0.15) is 71.1 Å². The summed E-state index contributed by atoms with van der Waals surface area (Å²) in [6, 6.07) is 13.8. The normalized spacial score (nSPS) is 14.3. The molecule has 5 nitrogen and oxygen atoms in total. The highest BCUT2D eigenvalue weighted by molar-refractivity contribution is 5.96. The van der Waals surface area contributed by atoms with E-state index in [1.807, 2.05) is 0 Å². The molecular weight excluding hydrogens is 448 g/mol. The molecule has 0 saturated heterocycles. The molecule has 0 heterocycles. The fourth-order valence-electron chi connectivity index (χ4n) is 4.28. The van der Waals surface area contributed by atoms with Crippen LogP contribution in [0.2, 0.25) is 0 Å². The predicted octanol–water partition coefficient (Wildman–Crippen LogP) is 6.37. The zero-order valence-corrected chi connectivity index (χ0v) is 20.8. The molecule has 0 aliphatic heterocycles. The third kappa shape index (κ3) is 10.5. The van der Waals surface area contributed by atoms with Gasteiger partial charge in [0.2, 0.25) is 5.90 Å². The molecule has 2 aromatic rings. The van der Waals surface area contributed by atoms with Gasteiger partial charge in [-0.15, -0.1) is 5.10 Å². The number of carbonyl (C=O) groups excluding carboxylic acids is 1. The van der Waals surface area contributed by atoms with Crippen LogP contribution in [-0.4, -0.2) is 39.0 Å². The summed E-state index contributed by atoms with van der Waals surface area (Å²) in [6.45, 7) is 5.05. The zero-order chi connectivity index (χ0) is 25.5. The topological polar surface area (TPSA) is 63.1 Å². The Morgan fingerprint density at radius 1 is 1.20 bits per heavy atom. The van der Waals surface area contributed by atoms with Crippen molar-refractivity contribution in [3.05, 3.63) is 70.3 Å². The lowest BCUT2D eigenvalue weighted by atomic mass is 9.85. The Balaban J connectivity index is 0.000000256. The Hall–Kier alpha value is -2.93. The number of carbonyl (C=O) groups is 1. The molecule has 0 bridgehead atoms. The second-order valence-corrected chi connectivity index (χ2v) is 8.84. The molecule has 1 saturated carbocycles. The van der Waals surface area contributed by atoms with Crippen LogP contribution < -0.4 is 5.32 Å². The van der Waals surface area contributed by atoms with Gasteiger partial charge in [0.15, 0.2) is 6.61 Å². The van der Waals surface area contributed by atoms with Crippen LogP contribution in [0.5, 0.6) is 0 Å². The van der Waals surface area contributed by atoms with E-state index in [4.69, 9.17) is 4.74 Å². The molecule has 190 valence electrons. The van der Waals surface area contributed by atoms with Crippen LogP contribution in [0.3, 0.4) is 0 Å². The average Bonchev–Trinajstić information content (AvgIpc) is 2.87. The smallest absolute Gasteiger partial charge is 0.272 e. The molecule has 0 atom stereocenters. The maximum absolute atomic E-state index is 12.2. The number of rotatable bonds is 10. The summed E-state index contributed by atoms with van der Waals surface area (Å²) in [5, 5.41) is 9.76. The number of alkyl halides is 2. The van der Waals surface area contributed by atoms with Crippen LogP contribution in [0, 0.1) is 12.8 Å². The Bertz CT molecular complexity index is 957. The molecule has 0 aromatic heterocycles. The van der Waals surface area contributed by atoms with E-state index in [9.17, 15) is 13.6 Å². The molecule has 1 fully saturated rings. The van der Waals surface area contributed by atoms with Gasteiger partial charge in [-0.05, 0) is 56.0 Å². The van der Waals surface area contributed by atoms with Gasteiger partial charge in [-0.25, -0.2) is 8.78 Å². The monoisotopic (exact) mass is 485 g/mol. The van der Waals surface area contributed by atoms with Gasteiger partial charge in [0.05, 0.1) is 0 Å². The standard InChI is InChI=1S/C15H22.C13H15F2N3O2/c1-13-6-5-9-15(12-13)11-10-14-7-3-2-4-8-14;1-16-6-10-4-3-9(5-11(10)7-19)13(18-17-2)20-8-12(14)15/h5-6,9,12,14H,2-4,7-8,10-11H2,1H3;3-5,7,12,16H,2,6,8H2,1H3/b;18-13-. The number of nitrogens with one attached hydrogen (secondary N) is 1. The third-order valence-electron chi connectivity index (χ3n) is 6.04. The third-order valence-corrected chi connectivity index (χ3v) is 6.04. The van der Waals surface area contributed by atoms with Gasteiger partial charge < -0.3 is 10.1 Å². The first kappa shape index (κ1) is 28.3. The van der Waals surface area contributed by atoms with Crippen molar-refractivity contribution < 1.29 is 18.3 Å². The lowest BCUT2D eigenvalue weighted by Crippen LogP contribution is -2.14. The fraction of sp³-hybridized carbons (Fsp3) is 0.464. The summed E-state index contributed by atoms with van der Waals surface area (Å²) >= 11 is 0. The van der Waals surface area contributed by atoms with E-state index in [2.05, 4.69) is 53.4 Å². The number of hydrogen-bond donors (Lipinski definition) is 1. The first-order valence-electron chi connectivity index (χ1n) is 12.2. The summed E-state index contributed by atoms with van der Waals surface area (Å²) in [4.78, 5) is 11.0. The number of nitrogens with zero attached hydrogens (tertiary/aromatic N) is 2. The molecule has 0 unspecified atom stereocenters. The number of aryl methyl sites for hydroxylation is 2. The van der Waals surface area contributed by atoms with Crippen LogP contribution in [0.15, 0.2) is 52.7 Å². The first-order chi connectivity index (χ1) is 17.0. The van der Waals surface area contributed by atoms with Gasteiger partial charge in [-0.2, -0.15) is 5.10 Å². The molecule has 1 aliphatic rings. The van der Waals surface area contributed by atoms with Crippen molar-refractivity contribution in [3.8, 4) is 0 Å². The number of benzene rings is 2. The summed E-state index contributed by atoms with van der Waals surface area (Å²) in [7, 11) is 1.75. The zero-order valence-electron chi connectivity index (χ0n) is 20.8. The van der Waals surface area contributed by atoms with E-state index in [1.54, 1.807) is 19.2 Å². The maximum Gasteiger partial charge on any atom is 0.272 e. The molecule has 0 spiro atoms. The van der Waals surface area contributed by atoms with Crippen LogP contribution in [0.25, 0.3) is 0 Å². The number of aldehydes is 1. The van der Waals surface area contributed by atoms with Crippen LogP contribution in [0.4, 0.5) is 8.78 Å². The minimum absolute atomic E-state index is 0.0978. The molecule has 7 heteroatoms. The molecule has 0 radical (unpaired) electrons. The summed E-state index contributed by atoms with van der Waals surface area (Å²) in [6.07, 6.45) is 8.12. The van der Waals surface area contributed by atoms with Gasteiger partial charge >= 0.3 is 0 Å². The highest BCUT2D eigenvalue weighted by Gasteiger charge is 2.13. The quantitative estimate of drug-likeness (QED) is 0.184. The van der Waals surface area contributed by atoms with Crippen LogP contribution in [-0.2, 0) is 17.7 Å². The highest BCUT2D eigenvalue weighted by atomic mass is 19.3. The minimum Gasteiger partial charge on any atom is -0.470 e. The Morgan fingerprint density at radius 2 is 1.97 bits per heavy atom. The second kappa shape index (κ2) is 15.9. The lowest BCUT2D eigenvalue weighted by Gasteiger charge is -2.21. The first-order valence-corrected chi connectivity index (χ1v) is 12.2. The molecular formula is C28H37F2N3O2. The van der Waals surface area contributed by atoms with Gasteiger partial charge in [0.1, 0.15) is 6.29 Å². The SMILES string of the molecule is C=N/N=C(\OCC(F)F)c1ccc(CNC)c(C=O)c1.Cc1cccc(CCC2CCCCC2)c1. The van der Waals surface area contributed by atoms with E-state index in [1.165, 1.54) is 62.1 Å². The van der Waals surface area contributed by atoms with Gasteiger partial charge in [-0.1, -0.05) is 68.0 Å². The van der Waals surface area contributed by atoms with Crippen molar-refractivity contribution >= 4 is 18.9 Å². The predicted molar refractivity (Wildman–Crippen MR) is 139 cm³/mol. The van der Waals surface area contributed by atoms with E-state index in [-0.39, 0.29) is 5.90 Å². The van der Waals surface area contributed by atoms with Crippen molar-refractivity contribution in [2.45, 2.75) is 64.8 Å².